The van der Waals surface area contributed by atoms with E-state index in [1.165, 1.54) is 26.1 Å². The highest BCUT2D eigenvalue weighted by Gasteiger charge is 2.07. The summed E-state index contributed by atoms with van der Waals surface area (Å²) in [5, 5.41) is 9.55. The fourth-order valence-corrected chi connectivity index (χ4v) is 3.63. The Morgan fingerprint density at radius 3 is 2.85 bits per heavy atom. The number of aromatic nitrogens is 3. The molecule has 0 aliphatic carbocycles. The van der Waals surface area contributed by atoms with E-state index in [0.717, 1.165) is 11.0 Å². The summed E-state index contributed by atoms with van der Waals surface area (Å²) < 4.78 is 3.13. The molecule has 4 aromatic rings. The second kappa shape index (κ2) is 4.15. The van der Waals surface area contributed by atoms with Crippen molar-refractivity contribution in [3.05, 3.63) is 48.0 Å². The Balaban J connectivity index is 1.91. The smallest absolute Gasteiger partial charge is 0.113 e. The van der Waals surface area contributed by atoms with Crippen LogP contribution in [-0.2, 0) is 7.05 Å². The van der Waals surface area contributed by atoms with E-state index in [2.05, 4.69) is 59.7 Å². The van der Waals surface area contributed by atoms with E-state index in [1.807, 2.05) is 18.4 Å². The highest BCUT2D eigenvalue weighted by molar-refractivity contribution is 7.22. The minimum Gasteiger partial charge on any atom is -0.248 e. The molecule has 0 aliphatic rings. The summed E-state index contributed by atoms with van der Waals surface area (Å²) in [7, 11) is 1.91. The molecule has 0 bridgehead atoms. The van der Waals surface area contributed by atoms with Gasteiger partial charge in [-0.2, -0.15) is 0 Å². The van der Waals surface area contributed by atoms with Crippen molar-refractivity contribution in [2.24, 2.45) is 7.05 Å². The van der Waals surface area contributed by atoms with Crippen LogP contribution in [-0.4, -0.2) is 15.0 Å². The number of hydrogen-bond donors (Lipinski definition) is 0. The Hall–Kier alpha value is -2.20. The molecular formula is C16H13N3S. The maximum atomic E-state index is 4.19. The van der Waals surface area contributed by atoms with E-state index in [0.29, 0.717) is 0 Å². The minimum atomic E-state index is 0.943. The topological polar surface area (TPSA) is 30.7 Å². The molecule has 0 saturated carbocycles. The number of fused-ring (bicyclic) bond motifs is 2. The van der Waals surface area contributed by atoms with Gasteiger partial charge >= 0.3 is 0 Å². The highest BCUT2D eigenvalue weighted by atomic mass is 32.1. The predicted octanol–water partition coefficient (Wildman–Crippen LogP) is 4.16. The van der Waals surface area contributed by atoms with Crippen LogP contribution >= 0.6 is 11.3 Å². The molecule has 3 nitrogen and oxygen atoms in total. The Labute approximate surface area is 120 Å². The number of hydrogen-bond acceptors (Lipinski definition) is 3. The van der Waals surface area contributed by atoms with E-state index in [4.69, 9.17) is 0 Å². The van der Waals surface area contributed by atoms with Gasteiger partial charge in [-0.05, 0) is 47.7 Å². The maximum absolute atomic E-state index is 4.19. The summed E-state index contributed by atoms with van der Waals surface area (Å²) in [6, 6.07) is 15.2. The monoisotopic (exact) mass is 279 g/mol. The van der Waals surface area contributed by atoms with Gasteiger partial charge in [0.15, 0.2) is 0 Å². The van der Waals surface area contributed by atoms with Crippen molar-refractivity contribution in [2.45, 2.75) is 6.92 Å². The van der Waals surface area contributed by atoms with E-state index in [-0.39, 0.29) is 0 Å². The lowest BCUT2D eigenvalue weighted by Crippen LogP contribution is -1.88. The van der Waals surface area contributed by atoms with Crippen molar-refractivity contribution in [1.29, 1.82) is 0 Å². The Morgan fingerprint density at radius 1 is 1.05 bits per heavy atom. The Morgan fingerprint density at radius 2 is 1.95 bits per heavy atom. The average Bonchev–Trinajstić information content (AvgIpc) is 3.02. The molecule has 4 heteroatoms. The van der Waals surface area contributed by atoms with Gasteiger partial charge in [0.2, 0.25) is 0 Å². The molecule has 0 amide bonds. The molecule has 2 heterocycles. The second-order valence-corrected chi connectivity index (χ2v) is 6.15. The molecular weight excluding hydrogens is 266 g/mol. The van der Waals surface area contributed by atoms with Gasteiger partial charge in [0.05, 0.1) is 5.52 Å². The first-order valence-corrected chi connectivity index (χ1v) is 7.32. The summed E-state index contributed by atoms with van der Waals surface area (Å²) in [5.41, 5.74) is 4.51. The molecule has 0 radical (unpaired) electrons. The number of benzene rings is 2. The summed E-state index contributed by atoms with van der Waals surface area (Å²) in [6.07, 6.45) is 0. The predicted molar refractivity (Wildman–Crippen MR) is 84.1 cm³/mol. The summed E-state index contributed by atoms with van der Waals surface area (Å²) in [6.45, 7) is 2.13. The van der Waals surface area contributed by atoms with Crippen LogP contribution in [0.2, 0.25) is 0 Å². The molecule has 0 unspecified atom stereocenters. The molecule has 0 saturated heterocycles. The SMILES string of the molecule is Cc1ccc2cc(-c3ccc4c(c3)nnn4C)sc2c1. The lowest BCUT2D eigenvalue weighted by atomic mass is 10.1. The van der Waals surface area contributed by atoms with Crippen LogP contribution in [0.4, 0.5) is 0 Å². The quantitative estimate of drug-likeness (QED) is 0.524. The van der Waals surface area contributed by atoms with E-state index >= 15 is 0 Å². The minimum absolute atomic E-state index is 0.943. The fraction of sp³-hybridized carbons (Fsp3) is 0.125. The van der Waals surface area contributed by atoms with Gasteiger partial charge in [-0.3, -0.25) is 0 Å². The largest absolute Gasteiger partial charge is 0.248 e. The van der Waals surface area contributed by atoms with Gasteiger partial charge in [-0.25, -0.2) is 4.68 Å². The summed E-state index contributed by atoms with van der Waals surface area (Å²) in [4.78, 5) is 1.28. The van der Waals surface area contributed by atoms with Crippen LogP contribution in [0.25, 0.3) is 31.6 Å². The zero-order chi connectivity index (χ0) is 13.7. The summed E-state index contributed by atoms with van der Waals surface area (Å²) in [5.74, 6) is 0. The van der Waals surface area contributed by atoms with Gasteiger partial charge in [-0.1, -0.05) is 23.4 Å². The van der Waals surface area contributed by atoms with E-state index < -0.39 is 0 Å². The van der Waals surface area contributed by atoms with Gasteiger partial charge in [0, 0.05) is 16.6 Å². The first kappa shape index (κ1) is 11.6. The molecule has 98 valence electrons. The third-order valence-electron chi connectivity index (χ3n) is 3.57. The number of aryl methyl sites for hydroxylation is 2. The Bertz CT molecular complexity index is 933. The lowest BCUT2D eigenvalue weighted by Gasteiger charge is -1.97. The van der Waals surface area contributed by atoms with Crippen molar-refractivity contribution in [1.82, 2.24) is 15.0 Å². The first-order chi connectivity index (χ1) is 9.70. The molecule has 0 spiro atoms. The van der Waals surface area contributed by atoms with Crippen molar-refractivity contribution in [3.8, 4) is 10.4 Å². The summed E-state index contributed by atoms with van der Waals surface area (Å²) >= 11 is 1.82. The van der Waals surface area contributed by atoms with Crippen LogP contribution in [0.5, 0.6) is 0 Å². The van der Waals surface area contributed by atoms with E-state index in [1.54, 1.807) is 4.68 Å². The maximum Gasteiger partial charge on any atom is 0.113 e. The van der Waals surface area contributed by atoms with Gasteiger partial charge in [0.1, 0.15) is 5.52 Å². The highest BCUT2D eigenvalue weighted by Crippen LogP contribution is 2.34. The zero-order valence-corrected chi connectivity index (χ0v) is 12.1. The average molecular weight is 279 g/mol. The third kappa shape index (κ3) is 1.72. The molecule has 4 rings (SSSR count). The normalized spacial score (nSPS) is 11.5. The molecule has 2 aromatic heterocycles. The standard InChI is InChI=1S/C16H13N3S/c1-10-3-4-12-9-16(20-15(12)7-10)11-5-6-14-13(8-11)17-18-19(14)2/h3-9H,1-2H3. The van der Waals surface area contributed by atoms with Gasteiger partial charge in [0.25, 0.3) is 0 Å². The molecule has 0 fully saturated rings. The molecule has 0 atom stereocenters. The van der Waals surface area contributed by atoms with Gasteiger partial charge in [-0.15, -0.1) is 16.4 Å². The van der Waals surface area contributed by atoms with Crippen molar-refractivity contribution >= 4 is 32.5 Å². The number of rotatable bonds is 1. The number of nitrogens with zero attached hydrogens (tertiary/aromatic N) is 3. The van der Waals surface area contributed by atoms with Crippen molar-refractivity contribution < 1.29 is 0 Å². The van der Waals surface area contributed by atoms with Gasteiger partial charge < -0.3 is 0 Å². The van der Waals surface area contributed by atoms with E-state index in [9.17, 15) is 0 Å². The molecule has 20 heavy (non-hydrogen) atoms. The van der Waals surface area contributed by atoms with Crippen LogP contribution < -0.4 is 0 Å². The van der Waals surface area contributed by atoms with Crippen LogP contribution in [0.15, 0.2) is 42.5 Å². The lowest BCUT2D eigenvalue weighted by molar-refractivity contribution is 0.736. The first-order valence-electron chi connectivity index (χ1n) is 6.51. The molecule has 0 N–H and O–H groups in total. The molecule has 0 aliphatic heterocycles. The van der Waals surface area contributed by atoms with Crippen molar-refractivity contribution in [2.75, 3.05) is 0 Å². The Kier molecular flexibility index (Phi) is 2.41. The second-order valence-electron chi connectivity index (χ2n) is 5.07. The fourth-order valence-electron chi connectivity index (χ4n) is 2.47. The zero-order valence-electron chi connectivity index (χ0n) is 11.3. The van der Waals surface area contributed by atoms with Crippen LogP contribution in [0, 0.1) is 6.92 Å². The number of thiophene rings is 1. The third-order valence-corrected chi connectivity index (χ3v) is 4.72. The van der Waals surface area contributed by atoms with Crippen LogP contribution in [0.1, 0.15) is 5.56 Å². The van der Waals surface area contributed by atoms with Crippen molar-refractivity contribution in [3.63, 3.8) is 0 Å². The molecule has 2 aromatic carbocycles. The van der Waals surface area contributed by atoms with Crippen LogP contribution in [0.3, 0.4) is 0 Å².